The van der Waals surface area contributed by atoms with Crippen molar-refractivity contribution in [3.8, 4) is 0 Å². The number of rotatable bonds is 7. The van der Waals surface area contributed by atoms with Crippen molar-refractivity contribution in [1.29, 1.82) is 0 Å². The first-order valence-electron chi connectivity index (χ1n) is 6.20. The fourth-order valence-corrected chi connectivity index (χ4v) is 3.83. The van der Waals surface area contributed by atoms with Gasteiger partial charge in [0.25, 0.3) is 0 Å². The van der Waals surface area contributed by atoms with Crippen molar-refractivity contribution in [2.45, 2.75) is 49.4 Å². The van der Waals surface area contributed by atoms with E-state index in [-0.39, 0.29) is 6.61 Å². The molecule has 0 saturated heterocycles. The molecule has 96 valence electrons. The SMILES string of the molecule is CSCCC(CO)NC1CCCCC1SC. The third kappa shape index (κ3) is 4.86. The van der Waals surface area contributed by atoms with Crippen LogP contribution in [-0.4, -0.2) is 47.3 Å². The Kier molecular flexibility index (Phi) is 7.96. The third-order valence-electron chi connectivity index (χ3n) is 3.35. The van der Waals surface area contributed by atoms with Gasteiger partial charge in [-0.3, -0.25) is 0 Å². The van der Waals surface area contributed by atoms with E-state index in [4.69, 9.17) is 0 Å². The fourth-order valence-electron chi connectivity index (χ4n) is 2.36. The van der Waals surface area contributed by atoms with E-state index in [0.29, 0.717) is 12.1 Å². The molecule has 0 aliphatic heterocycles. The van der Waals surface area contributed by atoms with E-state index >= 15 is 0 Å². The van der Waals surface area contributed by atoms with Crippen LogP contribution in [0.2, 0.25) is 0 Å². The molecule has 0 heterocycles. The average molecular weight is 263 g/mol. The Morgan fingerprint density at radius 1 is 1.31 bits per heavy atom. The smallest absolute Gasteiger partial charge is 0.0585 e. The summed E-state index contributed by atoms with van der Waals surface area (Å²) in [5.74, 6) is 1.13. The lowest BCUT2D eigenvalue weighted by Crippen LogP contribution is -2.47. The predicted octanol–water partition coefficient (Wildman–Crippen LogP) is 2.36. The maximum Gasteiger partial charge on any atom is 0.0585 e. The van der Waals surface area contributed by atoms with E-state index in [1.54, 1.807) is 0 Å². The first kappa shape index (κ1) is 14.7. The zero-order valence-electron chi connectivity index (χ0n) is 10.4. The van der Waals surface area contributed by atoms with Crippen molar-refractivity contribution in [3.05, 3.63) is 0 Å². The van der Waals surface area contributed by atoms with Gasteiger partial charge in [0.05, 0.1) is 6.61 Å². The molecular weight excluding hydrogens is 238 g/mol. The Bertz CT molecular complexity index is 180. The molecule has 1 saturated carbocycles. The van der Waals surface area contributed by atoms with E-state index in [1.807, 2.05) is 23.5 Å². The largest absolute Gasteiger partial charge is 0.395 e. The van der Waals surface area contributed by atoms with E-state index in [1.165, 1.54) is 25.7 Å². The van der Waals surface area contributed by atoms with Crippen molar-refractivity contribution in [2.75, 3.05) is 24.9 Å². The zero-order chi connectivity index (χ0) is 11.8. The van der Waals surface area contributed by atoms with Gasteiger partial charge in [0.1, 0.15) is 0 Å². The van der Waals surface area contributed by atoms with Gasteiger partial charge >= 0.3 is 0 Å². The number of aliphatic hydroxyl groups excluding tert-OH is 1. The number of aliphatic hydroxyl groups is 1. The Labute approximate surface area is 108 Å². The van der Waals surface area contributed by atoms with Gasteiger partial charge in [-0.2, -0.15) is 23.5 Å². The molecule has 0 amide bonds. The maximum absolute atomic E-state index is 9.36. The molecule has 0 aromatic rings. The van der Waals surface area contributed by atoms with Gasteiger partial charge < -0.3 is 10.4 Å². The molecule has 1 aliphatic rings. The van der Waals surface area contributed by atoms with Crippen LogP contribution in [-0.2, 0) is 0 Å². The van der Waals surface area contributed by atoms with E-state index in [9.17, 15) is 5.11 Å². The van der Waals surface area contributed by atoms with Gasteiger partial charge in [-0.15, -0.1) is 0 Å². The minimum atomic E-state index is 0.276. The second-order valence-electron chi connectivity index (χ2n) is 4.49. The molecule has 1 aliphatic carbocycles. The van der Waals surface area contributed by atoms with Gasteiger partial charge in [-0.25, -0.2) is 0 Å². The summed E-state index contributed by atoms with van der Waals surface area (Å²) in [4.78, 5) is 0. The lowest BCUT2D eigenvalue weighted by Gasteiger charge is -2.34. The highest BCUT2D eigenvalue weighted by Crippen LogP contribution is 2.27. The van der Waals surface area contributed by atoms with Crippen molar-refractivity contribution in [3.63, 3.8) is 0 Å². The van der Waals surface area contributed by atoms with Crippen LogP contribution in [0.25, 0.3) is 0 Å². The normalized spacial score (nSPS) is 27.9. The lowest BCUT2D eigenvalue weighted by atomic mass is 9.94. The Hall–Kier alpha value is 0.620. The molecule has 0 radical (unpaired) electrons. The predicted molar refractivity (Wildman–Crippen MR) is 76.6 cm³/mol. The zero-order valence-corrected chi connectivity index (χ0v) is 12.1. The van der Waals surface area contributed by atoms with Gasteiger partial charge in [0.15, 0.2) is 0 Å². The Balaban J connectivity index is 2.35. The minimum Gasteiger partial charge on any atom is -0.395 e. The molecule has 0 spiro atoms. The highest BCUT2D eigenvalue weighted by molar-refractivity contribution is 7.99. The Morgan fingerprint density at radius 2 is 2.06 bits per heavy atom. The summed E-state index contributed by atoms with van der Waals surface area (Å²) in [5.41, 5.74) is 0. The summed E-state index contributed by atoms with van der Waals surface area (Å²) in [6, 6.07) is 0.910. The van der Waals surface area contributed by atoms with Crippen LogP contribution in [0.3, 0.4) is 0 Å². The molecule has 4 heteroatoms. The van der Waals surface area contributed by atoms with Crippen LogP contribution in [0.5, 0.6) is 0 Å². The highest BCUT2D eigenvalue weighted by Gasteiger charge is 2.25. The van der Waals surface area contributed by atoms with Crippen LogP contribution in [0, 0.1) is 0 Å². The molecule has 3 atom stereocenters. The molecule has 1 fully saturated rings. The van der Waals surface area contributed by atoms with Gasteiger partial charge in [-0.1, -0.05) is 12.8 Å². The molecular formula is C12H25NOS2. The molecule has 0 aromatic carbocycles. The average Bonchev–Trinajstić information content (AvgIpc) is 2.34. The van der Waals surface area contributed by atoms with Crippen molar-refractivity contribution >= 4 is 23.5 Å². The Morgan fingerprint density at radius 3 is 2.69 bits per heavy atom. The summed E-state index contributed by atoms with van der Waals surface area (Å²) in [7, 11) is 0. The standard InChI is InChI=1S/C12H25NOS2/c1-15-8-7-10(9-14)13-11-5-3-4-6-12(11)16-2/h10-14H,3-9H2,1-2H3. The second-order valence-corrected chi connectivity index (χ2v) is 6.56. The summed E-state index contributed by atoms with van der Waals surface area (Å²) in [5, 5.41) is 13.8. The topological polar surface area (TPSA) is 32.3 Å². The minimum absolute atomic E-state index is 0.276. The first-order valence-corrected chi connectivity index (χ1v) is 8.88. The van der Waals surface area contributed by atoms with E-state index in [0.717, 1.165) is 17.4 Å². The monoisotopic (exact) mass is 263 g/mol. The summed E-state index contributed by atoms with van der Waals surface area (Å²) >= 11 is 3.84. The molecule has 0 aromatic heterocycles. The molecule has 16 heavy (non-hydrogen) atoms. The quantitative estimate of drug-likeness (QED) is 0.738. The molecule has 2 nitrogen and oxygen atoms in total. The van der Waals surface area contributed by atoms with Crippen LogP contribution in [0.15, 0.2) is 0 Å². The molecule has 1 rings (SSSR count). The number of thioether (sulfide) groups is 2. The van der Waals surface area contributed by atoms with Crippen molar-refractivity contribution in [1.82, 2.24) is 5.32 Å². The lowest BCUT2D eigenvalue weighted by molar-refractivity contribution is 0.218. The molecule has 2 N–H and O–H groups in total. The van der Waals surface area contributed by atoms with Gasteiger partial charge in [0.2, 0.25) is 0 Å². The van der Waals surface area contributed by atoms with Crippen LogP contribution < -0.4 is 5.32 Å². The molecule has 0 bridgehead atoms. The molecule has 3 unspecified atom stereocenters. The number of hydrogen-bond acceptors (Lipinski definition) is 4. The van der Waals surface area contributed by atoms with Gasteiger partial charge in [-0.05, 0) is 37.5 Å². The fraction of sp³-hybridized carbons (Fsp3) is 1.00. The number of nitrogens with one attached hydrogen (secondary N) is 1. The summed E-state index contributed by atoms with van der Waals surface area (Å²) < 4.78 is 0. The second kappa shape index (κ2) is 8.67. The van der Waals surface area contributed by atoms with Crippen LogP contribution in [0.4, 0.5) is 0 Å². The third-order valence-corrected chi connectivity index (χ3v) is 5.16. The van der Waals surface area contributed by atoms with Crippen LogP contribution in [0.1, 0.15) is 32.1 Å². The van der Waals surface area contributed by atoms with Crippen LogP contribution >= 0.6 is 23.5 Å². The number of hydrogen-bond donors (Lipinski definition) is 2. The summed E-state index contributed by atoms with van der Waals surface area (Å²) in [6.45, 7) is 0.276. The van der Waals surface area contributed by atoms with E-state index in [2.05, 4.69) is 17.8 Å². The van der Waals surface area contributed by atoms with E-state index < -0.39 is 0 Å². The van der Waals surface area contributed by atoms with Gasteiger partial charge in [0, 0.05) is 17.3 Å². The first-order chi connectivity index (χ1) is 7.81. The maximum atomic E-state index is 9.36. The highest BCUT2D eigenvalue weighted by atomic mass is 32.2. The summed E-state index contributed by atoms with van der Waals surface area (Å²) in [6.07, 6.45) is 10.7. The van der Waals surface area contributed by atoms with Crippen molar-refractivity contribution < 1.29 is 5.11 Å². The van der Waals surface area contributed by atoms with Crippen molar-refractivity contribution in [2.24, 2.45) is 0 Å².